The summed E-state index contributed by atoms with van der Waals surface area (Å²) in [6.07, 6.45) is 1.76. The fourth-order valence-corrected chi connectivity index (χ4v) is 2.10. The van der Waals surface area contributed by atoms with Crippen LogP contribution in [0.25, 0.3) is 16.9 Å². The van der Waals surface area contributed by atoms with Gasteiger partial charge >= 0.3 is 0 Å². The molecule has 0 spiro atoms. The molecule has 0 bridgehead atoms. The van der Waals surface area contributed by atoms with E-state index >= 15 is 0 Å². The van der Waals surface area contributed by atoms with Gasteiger partial charge in [-0.25, -0.2) is 9.50 Å². The van der Waals surface area contributed by atoms with Crippen molar-refractivity contribution < 1.29 is 0 Å². The molecule has 0 atom stereocenters. The molecule has 0 unspecified atom stereocenters. The predicted molar refractivity (Wildman–Crippen MR) is 74.0 cm³/mol. The zero-order valence-corrected chi connectivity index (χ0v) is 11.1. The molecule has 3 rings (SSSR count). The smallest absolute Gasteiger partial charge is 0.153 e. The van der Waals surface area contributed by atoms with Crippen molar-refractivity contribution in [3.63, 3.8) is 0 Å². The van der Waals surface area contributed by atoms with Gasteiger partial charge in [0.25, 0.3) is 0 Å². The fourth-order valence-electron chi connectivity index (χ4n) is 1.83. The van der Waals surface area contributed by atoms with Crippen LogP contribution in [0.2, 0.25) is 0 Å². The number of rotatable bonds is 2. The van der Waals surface area contributed by atoms with Crippen LogP contribution >= 0.6 is 15.9 Å². The van der Waals surface area contributed by atoms with E-state index in [0.717, 1.165) is 27.1 Å². The van der Waals surface area contributed by atoms with Gasteiger partial charge in [0, 0.05) is 16.6 Å². The van der Waals surface area contributed by atoms with Crippen molar-refractivity contribution in [2.24, 2.45) is 5.73 Å². The Morgan fingerprint density at radius 1 is 1.11 bits per heavy atom. The molecule has 0 aliphatic heterocycles. The highest BCUT2D eigenvalue weighted by atomic mass is 79.9. The van der Waals surface area contributed by atoms with Gasteiger partial charge in [0.1, 0.15) is 0 Å². The van der Waals surface area contributed by atoms with Crippen LogP contribution in [0.5, 0.6) is 0 Å². The molecule has 0 radical (unpaired) electrons. The molecule has 5 heteroatoms. The van der Waals surface area contributed by atoms with Crippen LogP contribution in [0.1, 0.15) is 5.69 Å². The number of hydrogen-bond donors (Lipinski definition) is 1. The van der Waals surface area contributed by atoms with E-state index in [4.69, 9.17) is 5.73 Å². The van der Waals surface area contributed by atoms with E-state index in [2.05, 4.69) is 26.0 Å². The molecule has 1 aromatic carbocycles. The molecule has 90 valence electrons. The molecule has 0 saturated carbocycles. The standard InChI is InChI=1S/C13H11BrN4/c14-10-3-1-9(2-4-10)12-5-6-13-16-8-11(7-15)18(13)17-12/h1-6,8H,7,15H2. The van der Waals surface area contributed by atoms with Gasteiger partial charge in [-0.1, -0.05) is 28.1 Å². The van der Waals surface area contributed by atoms with Crippen molar-refractivity contribution in [3.8, 4) is 11.3 Å². The highest BCUT2D eigenvalue weighted by Gasteiger charge is 2.05. The van der Waals surface area contributed by atoms with Crippen molar-refractivity contribution in [3.05, 3.63) is 52.8 Å². The van der Waals surface area contributed by atoms with E-state index in [1.165, 1.54) is 0 Å². The van der Waals surface area contributed by atoms with Crippen molar-refractivity contribution in [2.75, 3.05) is 0 Å². The first kappa shape index (κ1) is 11.4. The number of imidazole rings is 1. The highest BCUT2D eigenvalue weighted by Crippen LogP contribution is 2.20. The Bertz CT molecular complexity index is 688. The van der Waals surface area contributed by atoms with Crippen molar-refractivity contribution >= 4 is 21.6 Å². The maximum Gasteiger partial charge on any atom is 0.153 e. The maximum absolute atomic E-state index is 5.66. The molecule has 0 amide bonds. The molecule has 4 nitrogen and oxygen atoms in total. The molecule has 2 aromatic heterocycles. The van der Waals surface area contributed by atoms with Crippen molar-refractivity contribution in [2.45, 2.75) is 6.54 Å². The van der Waals surface area contributed by atoms with Gasteiger partial charge in [-0.05, 0) is 24.3 Å². The van der Waals surface area contributed by atoms with E-state index in [-0.39, 0.29) is 0 Å². The van der Waals surface area contributed by atoms with E-state index in [9.17, 15) is 0 Å². The van der Waals surface area contributed by atoms with E-state index in [0.29, 0.717) is 6.54 Å². The van der Waals surface area contributed by atoms with Gasteiger partial charge in [-0.3, -0.25) is 0 Å². The minimum Gasteiger partial charge on any atom is -0.325 e. The minimum atomic E-state index is 0.429. The largest absolute Gasteiger partial charge is 0.325 e. The van der Waals surface area contributed by atoms with Crippen molar-refractivity contribution in [1.29, 1.82) is 0 Å². The van der Waals surface area contributed by atoms with E-state index in [1.807, 2.05) is 36.4 Å². The van der Waals surface area contributed by atoms with Gasteiger partial charge in [-0.2, -0.15) is 5.10 Å². The maximum atomic E-state index is 5.66. The number of halogens is 1. The summed E-state index contributed by atoms with van der Waals surface area (Å²) in [6.45, 7) is 0.429. The van der Waals surface area contributed by atoms with Gasteiger partial charge in [0.15, 0.2) is 5.65 Å². The van der Waals surface area contributed by atoms with Crippen LogP contribution in [0.3, 0.4) is 0 Å². The van der Waals surface area contributed by atoms with Gasteiger partial charge < -0.3 is 5.73 Å². The van der Waals surface area contributed by atoms with Crippen LogP contribution in [0.4, 0.5) is 0 Å². The second-order valence-corrected chi connectivity index (χ2v) is 4.86. The average molecular weight is 303 g/mol. The Morgan fingerprint density at radius 2 is 1.89 bits per heavy atom. The third-order valence-corrected chi connectivity index (χ3v) is 3.31. The van der Waals surface area contributed by atoms with Crippen LogP contribution < -0.4 is 5.73 Å². The lowest BCUT2D eigenvalue weighted by Gasteiger charge is -2.03. The summed E-state index contributed by atoms with van der Waals surface area (Å²) >= 11 is 3.42. The summed E-state index contributed by atoms with van der Waals surface area (Å²) in [5, 5.41) is 4.56. The van der Waals surface area contributed by atoms with Crippen LogP contribution in [0, 0.1) is 0 Å². The molecule has 0 aliphatic rings. The summed E-state index contributed by atoms with van der Waals surface area (Å²) in [7, 11) is 0. The second-order valence-electron chi connectivity index (χ2n) is 3.95. The Balaban J connectivity index is 2.14. The lowest BCUT2D eigenvalue weighted by atomic mass is 10.1. The summed E-state index contributed by atoms with van der Waals surface area (Å²) in [5.74, 6) is 0. The third-order valence-electron chi connectivity index (χ3n) is 2.78. The number of benzene rings is 1. The minimum absolute atomic E-state index is 0.429. The van der Waals surface area contributed by atoms with E-state index in [1.54, 1.807) is 10.7 Å². The SMILES string of the molecule is NCc1cnc2ccc(-c3ccc(Br)cc3)nn12. The van der Waals surface area contributed by atoms with Crippen LogP contribution in [0.15, 0.2) is 47.1 Å². The quantitative estimate of drug-likeness (QED) is 0.792. The molecule has 2 heterocycles. The number of fused-ring (bicyclic) bond motifs is 1. The lowest BCUT2D eigenvalue weighted by molar-refractivity contribution is 0.850. The summed E-state index contributed by atoms with van der Waals surface area (Å²) in [5.41, 5.74) is 9.36. The molecule has 0 fully saturated rings. The number of nitrogens with zero attached hydrogens (tertiary/aromatic N) is 3. The first-order valence-electron chi connectivity index (χ1n) is 5.57. The first-order chi connectivity index (χ1) is 8.78. The molecule has 2 N–H and O–H groups in total. The lowest BCUT2D eigenvalue weighted by Crippen LogP contribution is -2.04. The van der Waals surface area contributed by atoms with Gasteiger partial charge in [-0.15, -0.1) is 0 Å². The highest BCUT2D eigenvalue weighted by molar-refractivity contribution is 9.10. The number of aromatic nitrogens is 3. The average Bonchev–Trinajstić information content (AvgIpc) is 2.81. The second kappa shape index (κ2) is 4.51. The van der Waals surface area contributed by atoms with Crippen LogP contribution in [-0.2, 0) is 6.54 Å². The zero-order valence-electron chi connectivity index (χ0n) is 9.55. The van der Waals surface area contributed by atoms with Gasteiger partial charge in [0.2, 0.25) is 0 Å². The summed E-state index contributed by atoms with van der Waals surface area (Å²) < 4.78 is 2.84. The third kappa shape index (κ3) is 1.91. The Kier molecular flexibility index (Phi) is 2.85. The monoisotopic (exact) mass is 302 g/mol. The molecule has 3 aromatic rings. The molecule has 0 saturated heterocycles. The first-order valence-corrected chi connectivity index (χ1v) is 6.37. The number of nitrogens with two attached hydrogens (primary N) is 1. The topological polar surface area (TPSA) is 56.2 Å². The molecular formula is C13H11BrN4. The molecular weight excluding hydrogens is 292 g/mol. The molecule has 0 aliphatic carbocycles. The fraction of sp³-hybridized carbons (Fsp3) is 0.0769. The normalized spacial score (nSPS) is 11.0. The summed E-state index contributed by atoms with van der Waals surface area (Å²) in [6, 6.07) is 12.0. The van der Waals surface area contributed by atoms with E-state index < -0.39 is 0 Å². The Labute approximate surface area is 113 Å². The Morgan fingerprint density at radius 3 is 2.61 bits per heavy atom. The number of hydrogen-bond acceptors (Lipinski definition) is 3. The molecule has 18 heavy (non-hydrogen) atoms. The van der Waals surface area contributed by atoms with Crippen molar-refractivity contribution in [1.82, 2.24) is 14.6 Å². The zero-order chi connectivity index (χ0) is 12.5. The van der Waals surface area contributed by atoms with Crippen LogP contribution in [-0.4, -0.2) is 14.6 Å². The summed E-state index contributed by atoms with van der Waals surface area (Å²) in [4.78, 5) is 4.25. The van der Waals surface area contributed by atoms with Gasteiger partial charge in [0.05, 0.1) is 17.6 Å². The predicted octanol–water partition coefficient (Wildman–Crippen LogP) is 2.62. The Hall–Kier alpha value is -1.72.